The van der Waals surface area contributed by atoms with Crippen LogP contribution in [0.25, 0.3) is 0 Å². The number of aryl methyl sites for hydroxylation is 1. The van der Waals surface area contributed by atoms with Gasteiger partial charge in [-0.2, -0.15) is 0 Å². The van der Waals surface area contributed by atoms with Crippen molar-refractivity contribution < 1.29 is 9.53 Å². The number of carbonyl (C=O) groups excluding carboxylic acids is 1. The van der Waals surface area contributed by atoms with Crippen LogP contribution in [0.5, 0.6) is 5.75 Å². The van der Waals surface area contributed by atoms with E-state index in [4.69, 9.17) is 10.5 Å². The molecule has 0 unspecified atom stereocenters. The highest BCUT2D eigenvalue weighted by Crippen LogP contribution is 2.28. The third-order valence-corrected chi connectivity index (χ3v) is 3.21. The quantitative estimate of drug-likeness (QED) is 0.836. The van der Waals surface area contributed by atoms with E-state index in [9.17, 15) is 4.79 Å². The number of hydrogen-bond acceptors (Lipinski definition) is 3. The predicted octanol–water partition coefficient (Wildman–Crippen LogP) is 1.68. The van der Waals surface area contributed by atoms with Crippen LogP contribution >= 0.6 is 0 Å². The molecular formula is C13H18N2O2. The summed E-state index contributed by atoms with van der Waals surface area (Å²) in [5.41, 5.74) is 7.49. The van der Waals surface area contributed by atoms with E-state index >= 15 is 0 Å². The van der Waals surface area contributed by atoms with E-state index in [1.165, 1.54) is 0 Å². The first-order chi connectivity index (χ1) is 8.10. The zero-order valence-electron chi connectivity index (χ0n) is 10.2. The molecule has 0 aromatic heterocycles. The molecule has 4 nitrogen and oxygen atoms in total. The minimum atomic E-state index is 0.0660. The molecule has 0 bridgehead atoms. The summed E-state index contributed by atoms with van der Waals surface area (Å²) in [6.07, 6.45) is 1.59. The number of methoxy groups -OCH3 is 1. The minimum absolute atomic E-state index is 0.0660. The second kappa shape index (κ2) is 4.75. The average molecular weight is 234 g/mol. The molecule has 1 aromatic carbocycles. The molecule has 92 valence electrons. The van der Waals surface area contributed by atoms with Crippen molar-refractivity contribution in [3.63, 3.8) is 0 Å². The fraction of sp³-hybridized carbons (Fsp3) is 0.462. The van der Waals surface area contributed by atoms with Gasteiger partial charge in [0, 0.05) is 17.6 Å². The zero-order valence-corrected chi connectivity index (χ0v) is 10.2. The summed E-state index contributed by atoms with van der Waals surface area (Å²) in [6, 6.07) is 5.82. The van der Waals surface area contributed by atoms with Crippen molar-refractivity contribution in [1.82, 2.24) is 0 Å². The summed E-state index contributed by atoms with van der Waals surface area (Å²) < 4.78 is 5.17. The number of ether oxygens (including phenoxy) is 1. The number of amides is 1. The molecule has 2 rings (SSSR count). The summed E-state index contributed by atoms with van der Waals surface area (Å²) in [5.74, 6) is 0.970. The standard InChI is InChI=1S/C13H18N2O2/c1-8-5-11(3-4-12(8)17-2)15-13(16)9-6-10(14)7-9/h3-5,9-10H,6-7,14H2,1-2H3,(H,15,16). The van der Waals surface area contributed by atoms with Crippen molar-refractivity contribution in [2.45, 2.75) is 25.8 Å². The Morgan fingerprint density at radius 2 is 2.18 bits per heavy atom. The molecule has 1 aromatic rings. The van der Waals surface area contributed by atoms with Crippen LogP contribution in [-0.4, -0.2) is 19.1 Å². The van der Waals surface area contributed by atoms with Crippen molar-refractivity contribution in [2.24, 2.45) is 11.7 Å². The van der Waals surface area contributed by atoms with Crippen LogP contribution < -0.4 is 15.8 Å². The van der Waals surface area contributed by atoms with E-state index < -0.39 is 0 Å². The average Bonchev–Trinajstić information content (AvgIpc) is 2.25. The largest absolute Gasteiger partial charge is 0.496 e. The topological polar surface area (TPSA) is 64.3 Å². The molecule has 1 amide bonds. The molecule has 1 aliphatic rings. The number of carbonyl (C=O) groups is 1. The highest BCUT2D eigenvalue weighted by Gasteiger charge is 2.31. The lowest BCUT2D eigenvalue weighted by atomic mass is 9.80. The molecule has 0 spiro atoms. The van der Waals surface area contributed by atoms with Gasteiger partial charge in [-0.05, 0) is 43.5 Å². The molecule has 1 saturated carbocycles. The van der Waals surface area contributed by atoms with Crippen molar-refractivity contribution in [3.8, 4) is 5.75 Å². The number of rotatable bonds is 3. The van der Waals surface area contributed by atoms with E-state index in [1.54, 1.807) is 7.11 Å². The van der Waals surface area contributed by atoms with Gasteiger partial charge in [-0.3, -0.25) is 4.79 Å². The first kappa shape index (κ1) is 11.9. The molecule has 0 aliphatic heterocycles. The Kier molecular flexibility index (Phi) is 3.33. The lowest BCUT2D eigenvalue weighted by Gasteiger charge is -2.31. The predicted molar refractivity (Wildman–Crippen MR) is 67.1 cm³/mol. The van der Waals surface area contributed by atoms with Gasteiger partial charge in [0.15, 0.2) is 0 Å². The number of benzene rings is 1. The normalized spacial score (nSPS) is 22.8. The van der Waals surface area contributed by atoms with E-state index in [1.807, 2.05) is 25.1 Å². The molecule has 0 heterocycles. The maximum atomic E-state index is 11.8. The van der Waals surface area contributed by atoms with Gasteiger partial charge in [0.1, 0.15) is 5.75 Å². The fourth-order valence-electron chi connectivity index (χ4n) is 2.08. The van der Waals surface area contributed by atoms with Gasteiger partial charge >= 0.3 is 0 Å². The molecule has 3 N–H and O–H groups in total. The molecule has 17 heavy (non-hydrogen) atoms. The van der Waals surface area contributed by atoms with Gasteiger partial charge in [0.25, 0.3) is 0 Å². The summed E-state index contributed by atoms with van der Waals surface area (Å²) >= 11 is 0. The summed E-state index contributed by atoms with van der Waals surface area (Å²) in [7, 11) is 1.64. The third kappa shape index (κ3) is 2.58. The molecular weight excluding hydrogens is 216 g/mol. The Balaban J connectivity index is 1.99. The minimum Gasteiger partial charge on any atom is -0.496 e. The van der Waals surface area contributed by atoms with Crippen LogP contribution in [0.15, 0.2) is 18.2 Å². The Labute approximate surface area is 101 Å². The summed E-state index contributed by atoms with van der Waals surface area (Å²) in [6.45, 7) is 1.95. The van der Waals surface area contributed by atoms with E-state index in [0.717, 1.165) is 29.8 Å². The SMILES string of the molecule is COc1ccc(NC(=O)C2CC(N)C2)cc1C. The molecule has 0 radical (unpaired) electrons. The highest BCUT2D eigenvalue weighted by atomic mass is 16.5. The van der Waals surface area contributed by atoms with E-state index in [2.05, 4.69) is 5.32 Å². The van der Waals surface area contributed by atoms with Crippen molar-refractivity contribution in [3.05, 3.63) is 23.8 Å². The fourth-order valence-corrected chi connectivity index (χ4v) is 2.08. The van der Waals surface area contributed by atoms with Gasteiger partial charge in [-0.1, -0.05) is 0 Å². The summed E-state index contributed by atoms with van der Waals surface area (Å²) in [4.78, 5) is 11.8. The van der Waals surface area contributed by atoms with Gasteiger partial charge in [0.2, 0.25) is 5.91 Å². The maximum Gasteiger partial charge on any atom is 0.227 e. The number of nitrogens with two attached hydrogens (primary N) is 1. The molecule has 1 aliphatic carbocycles. The van der Waals surface area contributed by atoms with Crippen LogP contribution in [0.3, 0.4) is 0 Å². The second-order valence-corrected chi connectivity index (χ2v) is 4.60. The van der Waals surface area contributed by atoms with Crippen LogP contribution in [0.4, 0.5) is 5.69 Å². The number of hydrogen-bond donors (Lipinski definition) is 2. The zero-order chi connectivity index (χ0) is 12.4. The Morgan fingerprint density at radius 1 is 1.47 bits per heavy atom. The smallest absolute Gasteiger partial charge is 0.227 e. The van der Waals surface area contributed by atoms with Crippen molar-refractivity contribution >= 4 is 11.6 Å². The van der Waals surface area contributed by atoms with Crippen LogP contribution in [0, 0.1) is 12.8 Å². The second-order valence-electron chi connectivity index (χ2n) is 4.60. The maximum absolute atomic E-state index is 11.8. The number of anilines is 1. The first-order valence-corrected chi connectivity index (χ1v) is 5.81. The molecule has 0 atom stereocenters. The Bertz CT molecular complexity index is 425. The van der Waals surface area contributed by atoms with Gasteiger partial charge < -0.3 is 15.8 Å². The van der Waals surface area contributed by atoms with Crippen LogP contribution in [0.1, 0.15) is 18.4 Å². The van der Waals surface area contributed by atoms with Gasteiger partial charge in [0.05, 0.1) is 7.11 Å². The lowest BCUT2D eigenvalue weighted by molar-refractivity contribution is -0.122. The summed E-state index contributed by atoms with van der Waals surface area (Å²) in [5, 5.41) is 2.91. The molecule has 0 saturated heterocycles. The first-order valence-electron chi connectivity index (χ1n) is 5.81. The lowest BCUT2D eigenvalue weighted by Crippen LogP contribution is -2.42. The van der Waals surface area contributed by atoms with Crippen LogP contribution in [-0.2, 0) is 4.79 Å². The van der Waals surface area contributed by atoms with Gasteiger partial charge in [-0.15, -0.1) is 0 Å². The van der Waals surface area contributed by atoms with Crippen LogP contribution in [0.2, 0.25) is 0 Å². The third-order valence-electron chi connectivity index (χ3n) is 3.21. The Hall–Kier alpha value is -1.55. The number of nitrogens with one attached hydrogen (secondary N) is 1. The van der Waals surface area contributed by atoms with Crippen molar-refractivity contribution in [2.75, 3.05) is 12.4 Å². The van der Waals surface area contributed by atoms with Gasteiger partial charge in [-0.25, -0.2) is 0 Å². The highest BCUT2D eigenvalue weighted by molar-refractivity contribution is 5.93. The van der Waals surface area contributed by atoms with E-state index in [0.29, 0.717) is 0 Å². The monoisotopic (exact) mass is 234 g/mol. The molecule has 1 fully saturated rings. The van der Waals surface area contributed by atoms with Crippen molar-refractivity contribution in [1.29, 1.82) is 0 Å². The van der Waals surface area contributed by atoms with E-state index in [-0.39, 0.29) is 17.9 Å². The molecule has 4 heteroatoms. The Morgan fingerprint density at radius 3 is 2.71 bits per heavy atom.